The van der Waals surface area contributed by atoms with Gasteiger partial charge in [-0.2, -0.15) is 0 Å². The molecular formula is C8H9NO4. The van der Waals surface area contributed by atoms with E-state index in [1.54, 1.807) is 0 Å². The maximum atomic E-state index is 11.2. The molecule has 1 aliphatic heterocycles. The van der Waals surface area contributed by atoms with Gasteiger partial charge in [0.05, 0.1) is 0 Å². The maximum absolute atomic E-state index is 11.2. The van der Waals surface area contributed by atoms with Crippen molar-refractivity contribution in [3.05, 3.63) is 11.6 Å². The molecule has 0 aromatic heterocycles. The number of hydrogen-bond acceptors (Lipinski definition) is 3. The smallest absolute Gasteiger partial charge is 0.326 e. The zero-order valence-corrected chi connectivity index (χ0v) is 7.27. The molecule has 0 fully saturated rings. The zero-order chi connectivity index (χ0) is 10.2. The molecule has 1 atom stereocenters. The van der Waals surface area contributed by atoms with E-state index in [-0.39, 0.29) is 5.57 Å². The number of carbonyl (C=O) groups excluding carboxylic acids is 2. The quantitative estimate of drug-likeness (QED) is 0.600. The monoisotopic (exact) mass is 183 g/mol. The lowest BCUT2D eigenvalue weighted by Gasteiger charge is -2.18. The van der Waals surface area contributed by atoms with Crippen LogP contribution in [0.25, 0.3) is 0 Å². The van der Waals surface area contributed by atoms with Gasteiger partial charge in [-0.1, -0.05) is 0 Å². The molecule has 0 aliphatic carbocycles. The van der Waals surface area contributed by atoms with Gasteiger partial charge >= 0.3 is 5.97 Å². The lowest BCUT2D eigenvalue weighted by molar-refractivity contribution is -0.152. The Kier molecular flexibility index (Phi) is 2.18. The van der Waals surface area contributed by atoms with Crippen LogP contribution in [0, 0.1) is 0 Å². The molecule has 1 aliphatic rings. The van der Waals surface area contributed by atoms with Gasteiger partial charge in [-0.15, -0.1) is 0 Å². The van der Waals surface area contributed by atoms with Crippen molar-refractivity contribution in [1.29, 1.82) is 0 Å². The summed E-state index contributed by atoms with van der Waals surface area (Å²) in [6, 6.07) is -1.10. The molecule has 5 heteroatoms. The Morgan fingerprint density at radius 2 is 2.08 bits per heavy atom. The molecular weight excluding hydrogens is 174 g/mol. The second-order valence-corrected chi connectivity index (χ2v) is 2.85. The maximum Gasteiger partial charge on any atom is 0.326 e. The van der Waals surface area contributed by atoms with Crippen LogP contribution in [0.2, 0.25) is 0 Å². The Balaban J connectivity index is 2.91. The highest BCUT2D eigenvalue weighted by Gasteiger charge is 2.35. The number of nitrogens with zero attached hydrogens (tertiary/aromatic N) is 1. The van der Waals surface area contributed by atoms with Crippen molar-refractivity contribution in [2.45, 2.75) is 19.9 Å². The van der Waals surface area contributed by atoms with E-state index in [1.807, 2.05) is 0 Å². The van der Waals surface area contributed by atoms with Crippen LogP contribution in [-0.2, 0) is 14.4 Å². The van der Waals surface area contributed by atoms with Gasteiger partial charge in [-0.05, 0) is 13.8 Å². The van der Waals surface area contributed by atoms with Crippen LogP contribution in [0.5, 0.6) is 0 Å². The summed E-state index contributed by atoms with van der Waals surface area (Å²) in [5, 5.41) is 8.59. The van der Waals surface area contributed by atoms with Crippen LogP contribution in [0.4, 0.5) is 0 Å². The van der Waals surface area contributed by atoms with E-state index < -0.39 is 23.8 Å². The fourth-order valence-electron chi connectivity index (χ4n) is 1.08. The molecule has 0 saturated heterocycles. The second kappa shape index (κ2) is 3.01. The third-order valence-electron chi connectivity index (χ3n) is 1.88. The fourth-order valence-corrected chi connectivity index (χ4v) is 1.08. The van der Waals surface area contributed by atoms with Gasteiger partial charge in [0, 0.05) is 11.6 Å². The predicted octanol–water partition coefficient (Wildman–Crippen LogP) is -0.225. The van der Waals surface area contributed by atoms with Crippen molar-refractivity contribution in [2.24, 2.45) is 0 Å². The average molecular weight is 183 g/mol. The van der Waals surface area contributed by atoms with Gasteiger partial charge in [0.15, 0.2) is 0 Å². The van der Waals surface area contributed by atoms with E-state index in [0.29, 0.717) is 0 Å². The number of rotatable bonds is 2. The van der Waals surface area contributed by atoms with E-state index in [1.165, 1.54) is 13.8 Å². The van der Waals surface area contributed by atoms with Gasteiger partial charge < -0.3 is 5.11 Å². The average Bonchev–Trinajstić information content (AvgIpc) is 2.26. The minimum atomic E-state index is -1.19. The third kappa shape index (κ3) is 1.44. The van der Waals surface area contributed by atoms with Crippen molar-refractivity contribution in [1.82, 2.24) is 4.90 Å². The van der Waals surface area contributed by atoms with Crippen molar-refractivity contribution >= 4 is 17.8 Å². The fraction of sp³-hybridized carbons (Fsp3) is 0.375. The highest BCUT2D eigenvalue weighted by molar-refractivity contribution is 6.17. The van der Waals surface area contributed by atoms with Gasteiger partial charge in [-0.3, -0.25) is 14.5 Å². The van der Waals surface area contributed by atoms with E-state index in [9.17, 15) is 14.4 Å². The summed E-state index contributed by atoms with van der Waals surface area (Å²) in [7, 11) is 0. The van der Waals surface area contributed by atoms with E-state index >= 15 is 0 Å². The molecule has 0 saturated carbocycles. The van der Waals surface area contributed by atoms with E-state index in [2.05, 4.69) is 0 Å². The standard InChI is InChI=1S/C8H9NO4/c1-4-3-6(10)9(7(4)11)5(2)8(12)13/h3,5H,1-2H3,(H,12,13). The third-order valence-corrected chi connectivity index (χ3v) is 1.88. The van der Waals surface area contributed by atoms with Gasteiger partial charge in [0.1, 0.15) is 6.04 Å². The molecule has 0 aromatic rings. The number of carboxylic acid groups (broad SMARTS) is 1. The summed E-state index contributed by atoms with van der Waals surface area (Å²) < 4.78 is 0. The molecule has 0 spiro atoms. The van der Waals surface area contributed by atoms with Crippen molar-refractivity contribution in [3.63, 3.8) is 0 Å². The van der Waals surface area contributed by atoms with Crippen LogP contribution in [0.3, 0.4) is 0 Å². The molecule has 0 radical (unpaired) electrons. The Morgan fingerprint density at radius 1 is 1.54 bits per heavy atom. The first-order valence-electron chi connectivity index (χ1n) is 3.73. The summed E-state index contributed by atoms with van der Waals surface area (Å²) in [6.07, 6.45) is 1.14. The Labute approximate surface area is 74.6 Å². The summed E-state index contributed by atoms with van der Waals surface area (Å²) in [4.78, 5) is 33.6. The van der Waals surface area contributed by atoms with E-state index in [4.69, 9.17) is 5.11 Å². The molecule has 1 unspecified atom stereocenters. The van der Waals surface area contributed by atoms with Crippen LogP contribution in [0.15, 0.2) is 11.6 Å². The van der Waals surface area contributed by atoms with Crippen molar-refractivity contribution < 1.29 is 19.5 Å². The highest BCUT2D eigenvalue weighted by Crippen LogP contribution is 2.15. The van der Waals surface area contributed by atoms with Crippen LogP contribution < -0.4 is 0 Å². The SMILES string of the molecule is CC1=CC(=O)N(C(C)C(=O)O)C1=O. The normalized spacial score (nSPS) is 18.9. The first-order chi connectivity index (χ1) is 5.95. The summed E-state index contributed by atoms with van der Waals surface area (Å²) in [5.74, 6) is -2.28. The largest absolute Gasteiger partial charge is 0.480 e. The summed E-state index contributed by atoms with van der Waals surface area (Å²) in [5.41, 5.74) is 0.276. The molecule has 1 heterocycles. The number of amides is 2. The molecule has 2 amide bonds. The topological polar surface area (TPSA) is 74.7 Å². The predicted molar refractivity (Wildman–Crippen MR) is 42.7 cm³/mol. The Morgan fingerprint density at radius 3 is 2.38 bits per heavy atom. The lowest BCUT2D eigenvalue weighted by Crippen LogP contribution is -2.43. The van der Waals surface area contributed by atoms with Crippen LogP contribution >= 0.6 is 0 Å². The lowest BCUT2D eigenvalue weighted by atomic mass is 10.3. The van der Waals surface area contributed by atoms with Crippen molar-refractivity contribution in [3.8, 4) is 0 Å². The molecule has 1 rings (SSSR count). The van der Waals surface area contributed by atoms with Crippen molar-refractivity contribution in [2.75, 3.05) is 0 Å². The van der Waals surface area contributed by atoms with Gasteiger partial charge in [-0.25, -0.2) is 4.79 Å². The highest BCUT2D eigenvalue weighted by atomic mass is 16.4. The van der Waals surface area contributed by atoms with Crippen LogP contribution in [0.1, 0.15) is 13.8 Å². The summed E-state index contributed by atoms with van der Waals surface area (Å²) >= 11 is 0. The first-order valence-corrected chi connectivity index (χ1v) is 3.73. The molecule has 5 nitrogen and oxygen atoms in total. The minimum absolute atomic E-state index is 0.276. The van der Waals surface area contributed by atoms with Gasteiger partial charge in [0.2, 0.25) is 0 Å². The number of carbonyl (C=O) groups is 3. The molecule has 0 aromatic carbocycles. The van der Waals surface area contributed by atoms with Gasteiger partial charge in [0.25, 0.3) is 11.8 Å². The molecule has 70 valence electrons. The molecule has 13 heavy (non-hydrogen) atoms. The zero-order valence-electron chi connectivity index (χ0n) is 7.27. The number of carboxylic acids is 1. The number of aliphatic carboxylic acids is 1. The number of hydrogen-bond donors (Lipinski definition) is 1. The van der Waals surface area contributed by atoms with E-state index in [0.717, 1.165) is 11.0 Å². The number of imide groups is 1. The first kappa shape index (κ1) is 9.44. The summed E-state index contributed by atoms with van der Waals surface area (Å²) in [6.45, 7) is 2.78. The Bertz CT molecular complexity index is 318. The Hall–Kier alpha value is -1.65. The molecule has 0 bridgehead atoms. The van der Waals surface area contributed by atoms with Crippen LogP contribution in [-0.4, -0.2) is 33.8 Å². The molecule has 1 N–H and O–H groups in total. The minimum Gasteiger partial charge on any atom is -0.480 e. The second-order valence-electron chi connectivity index (χ2n) is 2.85.